The Labute approximate surface area is 179 Å². The normalized spacial score (nSPS) is 14.2. The van der Waals surface area contributed by atoms with E-state index in [2.05, 4.69) is 0 Å². The van der Waals surface area contributed by atoms with Gasteiger partial charge < -0.3 is 15.1 Å². The molecule has 1 aliphatic rings. The predicted molar refractivity (Wildman–Crippen MR) is 117 cm³/mol. The summed E-state index contributed by atoms with van der Waals surface area (Å²) >= 11 is 0. The summed E-state index contributed by atoms with van der Waals surface area (Å²) in [5.41, 5.74) is 2.56. The molecule has 6 nitrogen and oxygen atoms in total. The molecule has 0 unspecified atom stereocenters. The van der Waals surface area contributed by atoms with Crippen LogP contribution in [0.5, 0.6) is 0 Å². The standard InChI is InChI=1S/C25H23NO5/c1-15(24(28)29)26(23(27)17-8-9-17)14-16-6-7-19-13-20(11-10-18(19)12-16)21-4-2-3-5-22(21)25(30)31/h2-7,10-13,15,17H,8-9,14H2,1H3,(H,28,29)(H,30,31)/t15-/m0/s1. The zero-order chi connectivity index (χ0) is 22.1. The monoisotopic (exact) mass is 417 g/mol. The van der Waals surface area contributed by atoms with Crippen LogP contribution in [-0.2, 0) is 16.1 Å². The van der Waals surface area contributed by atoms with Gasteiger partial charge in [-0.05, 0) is 65.4 Å². The number of hydrogen-bond donors (Lipinski definition) is 2. The summed E-state index contributed by atoms with van der Waals surface area (Å²) in [5, 5.41) is 20.8. The number of carbonyl (C=O) groups excluding carboxylic acids is 1. The van der Waals surface area contributed by atoms with E-state index in [1.54, 1.807) is 18.2 Å². The van der Waals surface area contributed by atoms with Gasteiger partial charge in [0.15, 0.2) is 0 Å². The van der Waals surface area contributed by atoms with E-state index in [9.17, 15) is 24.6 Å². The van der Waals surface area contributed by atoms with Crippen molar-refractivity contribution in [3.63, 3.8) is 0 Å². The molecule has 31 heavy (non-hydrogen) atoms. The van der Waals surface area contributed by atoms with Gasteiger partial charge in [0.05, 0.1) is 5.56 Å². The molecule has 4 rings (SSSR count). The second kappa shape index (κ2) is 8.22. The van der Waals surface area contributed by atoms with E-state index in [-0.39, 0.29) is 23.9 Å². The van der Waals surface area contributed by atoms with Crippen molar-refractivity contribution in [1.82, 2.24) is 4.90 Å². The van der Waals surface area contributed by atoms with Crippen molar-refractivity contribution < 1.29 is 24.6 Å². The Bertz CT molecular complexity index is 1180. The highest BCUT2D eigenvalue weighted by Gasteiger charge is 2.37. The van der Waals surface area contributed by atoms with Gasteiger partial charge in [-0.1, -0.05) is 42.5 Å². The van der Waals surface area contributed by atoms with E-state index in [0.29, 0.717) is 5.56 Å². The second-order valence-electron chi connectivity index (χ2n) is 8.00. The Morgan fingerprint density at radius 3 is 2.32 bits per heavy atom. The van der Waals surface area contributed by atoms with Gasteiger partial charge in [-0.15, -0.1) is 0 Å². The van der Waals surface area contributed by atoms with E-state index >= 15 is 0 Å². The number of nitrogens with zero attached hydrogens (tertiary/aromatic N) is 1. The zero-order valence-corrected chi connectivity index (χ0v) is 17.1. The van der Waals surface area contributed by atoms with Crippen LogP contribution in [0.2, 0.25) is 0 Å². The lowest BCUT2D eigenvalue weighted by molar-refractivity contribution is -0.150. The molecule has 0 aromatic heterocycles. The molecule has 1 atom stereocenters. The maximum Gasteiger partial charge on any atom is 0.336 e. The SMILES string of the molecule is C[C@@H](C(=O)O)N(Cc1ccc2cc(-c3ccccc3C(=O)O)ccc2c1)C(=O)C1CC1. The summed E-state index contributed by atoms with van der Waals surface area (Å²) in [4.78, 5) is 37.1. The number of benzene rings is 3. The lowest BCUT2D eigenvalue weighted by Gasteiger charge is -2.27. The molecule has 1 saturated carbocycles. The topological polar surface area (TPSA) is 94.9 Å². The van der Waals surface area contributed by atoms with Gasteiger partial charge in [-0.25, -0.2) is 9.59 Å². The minimum Gasteiger partial charge on any atom is -0.480 e. The molecular weight excluding hydrogens is 394 g/mol. The van der Waals surface area contributed by atoms with Gasteiger partial charge in [0.25, 0.3) is 0 Å². The number of hydrogen-bond acceptors (Lipinski definition) is 3. The molecule has 0 aliphatic heterocycles. The number of aliphatic carboxylic acids is 1. The highest BCUT2D eigenvalue weighted by Crippen LogP contribution is 2.33. The third-order valence-corrected chi connectivity index (χ3v) is 5.76. The molecule has 1 amide bonds. The van der Waals surface area contributed by atoms with Gasteiger partial charge in [0.1, 0.15) is 6.04 Å². The molecule has 6 heteroatoms. The highest BCUT2D eigenvalue weighted by atomic mass is 16.4. The second-order valence-corrected chi connectivity index (χ2v) is 8.00. The highest BCUT2D eigenvalue weighted by molar-refractivity contribution is 5.98. The molecule has 0 spiro atoms. The summed E-state index contributed by atoms with van der Waals surface area (Å²) in [6.07, 6.45) is 1.64. The quantitative estimate of drug-likeness (QED) is 0.594. The first-order valence-corrected chi connectivity index (χ1v) is 10.2. The minimum atomic E-state index is -1.02. The van der Waals surface area contributed by atoms with Crippen molar-refractivity contribution in [3.05, 3.63) is 71.8 Å². The van der Waals surface area contributed by atoms with Gasteiger partial charge in [0, 0.05) is 12.5 Å². The molecule has 0 heterocycles. The molecule has 158 valence electrons. The first kappa shape index (κ1) is 20.6. The van der Waals surface area contributed by atoms with Crippen LogP contribution in [0.3, 0.4) is 0 Å². The Morgan fingerprint density at radius 1 is 0.968 bits per heavy atom. The van der Waals surface area contributed by atoms with Crippen molar-refractivity contribution in [2.75, 3.05) is 0 Å². The number of aromatic carboxylic acids is 1. The average Bonchev–Trinajstić information content (AvgIpc) is 3.61. The number of carboxylic acids is 2. The number of carbonyl (C=O) groups is 3. The smallest absolute Gasteiger partial charge is 0.336 e. The van der Waals surface area contributed by atoms with Crippen LogP contribution in [0.4, 0.5) is 0 Å². The average molecular weight is 417 g/mol. The molecule has 0 bridgehead atoms. The lowest BCUT2D eigenvalue weighted by atomic mass is 9.96. The summed E-state index contributed by atoms with van der Waals surface area (Å²) in [7, 11) is 0. The van der Waals surface area contributed by atoms with E-state index < -0.39 is 18.0 Å². The number of rotatable bonds is 7. The van der Waals surface area contributed by atoms with Gasteiger partial charge in [-0.3, -0.25) is 4.79 Å². The molecule has 2 N–H and O–H groups in total. The zero-order valence-electron chi connectivity index (χ0n) is 17.1. The Kier molecular flexibility index (Phi) is 5.46. The van der Waals surface area contributed by atoms with E-state index in [4.69, 9.17) is 0 Å². The van der Waals surface area contributed by atoms with Crippen molar-refractivity contribution in [3.8, 4) is 11.1 Å². The fourth-order valence-corrected chi connectivity index (χ4v) is 3.78. The van der Waals surface area contributed by atoms with E-state index in [1.165, 1.54) is 11.8 Å². The van der Waals surface area contributed by atoms with Crippen molar-refractivity contribution >= 4 is 28.6 Å². The minimum absolute atomic E-state index is 0.0564. The van der Waals surface area contributed by atoms with Gasteiger partial charge in [-0.2, -0.15) is 0 Å². The fraction of sp³-hybridized carbons (Fsp3) is 0.240. The first-order valence-electron chi connectivity index (χ1n) is 10.2. The third-order valence-electron chi connectivity index (χ3n) is 5.76. The van der Waals surface area contributed by atoms with E-state index in [1.807, 2.05) is 42.5 Å². The summed E-state index contributed by atoms with van der Waals surface area (Å²) in [5.74, 6) is -2.15. The largest absolute Gasteiger partial charge is 0.480 e. The molecule has 3 aromatic rings. The van der Waals surface area contributed by atoms with Crippen molar-refractivity contribution in [2.24, 2.45) is 5.92 Å². The predicted octanol–water partition coefficient (Wildman–Crippen LogP) is 4.42. The van der Waals surface area contributed by atoms with Gasteiger partial charge in [0.2, 0.25) is 5.91 Å². The Morgan fingerprint density at radius 2 is 1.65 bits per heavy atom. The molecular formula is C25H23NO5. The van der Waals surface area contributed by atoms with Crippen LogP contribution in [0, 0.1) is 5.92 Å². The summed E-state index contributed by atoms with van der Waals surface area (Å²) in [6.45, 7) is 1.78. The fourth-order valence-electron chi connectivity index (χ4n) is 3.78. The van der Waals surface area contributed by atoms with E-state index in [0.717, 1.165) is 34.7 Å². The Hall–Kier alpha value is -3.67. The Balaban J connectivity index is 1.64. The number of amides is 1. The van der Waals surface area contributed by atoms with Crippen LogP contribution in [-0.4, -0.2) is 39.0 Å². The molecule has 0 radical (unpaired) electrons. The van der Waals surface area contributed by atoms with Gasteiger partial charge >= 0.3 is 11.9 Å². The number of fused-ring (bicyclic) bond motifs is 1. The third kappa shape index (κ3) is 4.28. The molecule has 0 saturated heterocycles. The van der Waals surface area contributed by atoms with Crippen LogP contribution in [0.15, 0.2) is 60.7 Å². The summed E-state index contributed by atoms with van der Waals surface area (Å²) < 4.78 is 0. The van der Waals surface area contributed by atoms with Crippen molar-refractivity contribution in [2.45, 2.75) is 32.4 Å². The van der Waals surface area contributed by atoms with Crippen LogP contribution in [0.25, 0.3) is 21.9 Å². The van der Waals surface area contributed by atoms with Crippen molar-refractivity contribution in [1.29, 1.82) is 0 Å². The van der Waals surface area contributed by atoms with Crippen LogP contribution in [0.1, 0.15) is 35.7 Å². The summed E-state index contributed by atoms with van der Waals surface area (Å²) in [6, 6.07) is 17.5. The van der Waals surface area contributed by atoms with Crippen LogP contribution < -0.4 is 0 Å². The first-order chi connectivity index (χ1) is 14.8. The lowest BCUT2D eigenvalue weighted by Crippen LogP contribution is -2.43. The van der Waals surface area contributed by atoms with Crippen LogP contribution >= 0.6 is 0 Å². The maximum atomic E-state index is 12.6. The molecule has 1 fully saturated rings. The number of carboxylic acid groups (broad SMARTS) is 2. The molecule has 1 aliphatic carbocycles. The molecule has 3 aromatic carbocycles. The maximum absolute atomic E-state index is 12.6.